The third-order valence-electron chi connectivity index (χ3n) is 4.16. The van der Waals surface area contributed by atoms with E-state index in [4.69, 9.17) is 0 Å². The van der Waals surface area contributed by atoms with Crippen LogP contribution in [-0.2, 0) is 7.05 Å². The van der Waals surface area contributed by atoms with E-state index in [2.05, 4.69) is 20.6 Å². The van der Waals surface area contributed by atoms with Crippen LogP contribution in [0.4, 0.5) is 16.6 Å². The van der Waals surface area contributed by atoms with Crippen LogP contribution in [0.1, 0.15) is 11.8 Å². The maximum atomic E-state index is 12.5. The minimum Gasteiger partial charge on any atom is -0.369 e. The van der Waals surface area contributed by atoms with Crippen LogP contribution < -0.4 is 16.2 Å². The largest absolute Gasteiger partial charge is 0.369 e. The minimum atomic E-state index is -0.864. The smallest absolute Gasteiger partial charge is 0.293 e. The average molecular weight is 379 g/mol. The molecule has 7 nitrogen and oxygen atoms in total. The van der Waals surface area contributed by atoms with Gasteiger partial charge < -0.3 is 20.3 Å². The van der Waals surface area contributed by atoms with Crippen molar-refractivity contribution in [2.75, 3.05) is 10.6 Å². The third kappa shape index (κ3) is 3.53. The van der Waals surface area contributed by atoms with Gasteiger partial charge in [0.25, 0.3) is 5.56 Å². The van der Waals surface area contributed by atoms with Gasteiger partial charge in [0, 0.05) is 29.9 Å². The van der Waals surface area contributed by atoms with E-state index in [1.165, 1.54) is 11.3 Å². The van der Waals surface area contributed by atoms with Crippen LogP contribution in [0.3, 0.4) is 0 Å². The molecule has 0 amide bonds. The number of fused-ring (bicyclic) bond motifs is 1. The highest BCUT2D eigenvalue weighted by molar-refractivity contribution is 7.13. The van der Waals surface area contributed by atoms with Crippen LogP contribution in [-0.4, -0.2) is 19.6 Å². The van der Waals surface area contributed by atoms with Crippen LogP contribution in [0, 0.1) is 0 Å². The number of hydrogen-bond acceptors (Lipinski definition) is 7. The second-order valence-corrected chi connectivity index (χ2v) is 6.84. The number of aliphatic hydroxyl groups is 1. The highest BCUT2D eigenvalue weighted by Gasteiger charge is 2.11. The molecule has 3 N–H and O–H groups in total. The lowest BCUT2D eigenvalue weighted by atomic mass is 10.2. The summed E-state index contributed by atoms with van der Waals surface area (Å²) in [6, 6.07) is 14.6. The summed E-state index contributed by atoms with van der Waals surface area (Å²) in [7, 11) is 1.72. The molecule has 0 aliphatic rings. The molecule has 27 heavy (non-hydrogen) atoms. The zero-order valence-electron chi connectivity index (χ0n) is 14.5. The molecule has 4 rings (SSSR count). The summed E-state index contributed by atoms with van der Waals surface area (Å²) in [6.45, 7) is 0. The Kier molecular flexibility index (Phi) is 4.57. The Labute approximate surface area is 159 Å². The fourth-order valence-corrected chi connectivity index (χ4v) is 3.29. The van der Waals surface area contributed by atoms with Gasteiger partial charge in [-0.15, -0.1) is 11.3 Å². The van der Waals surface area contributed by atoms with Crippen LogP contribution in [0.2, 0.25) is 0 Å². The Bertz CT molecular complexity index is 1120. The molecule has 0 saturated carbocycles. The number of rotatable bonds is 5. The van der Waals surface area contributed by atoms with E-state index in [0.717, 1.165) is 11.0 Å². The predicted molar refractivity (Wildman–Crippen MR) is 107 cm³/mol. The first-order chi connectivity index (χ1) is 13.1. The van der Waals surface area contributed by atoms with Gasteiger partial charge in [-0.2, -0.15) is 0 Å². The number of anilines is 3. The second-order valence-electron chi connectivity index (χ2n) is 5.94. The zero-order valence-corrected chi connectivity index (χ0v) is 15.3. The Morgan fingerprint density at radius 1 is 1.15 bits per heavy atom. The molecule has 0 aliphatic heterocycles. The van der Waals surface area contributed by atoms with Gasteiger partial charge in [0.05, 0.1) is 11.0 Å². The lowest BCUT2D eigenvalue weighted by Gasteiger charge is -2.13. The molecule has 1 atom stereocenters. The van der Waals surface area contributed by atoms with E-state index < -0.39 is 6.23 Å². The predicted octanol–water partition coefficient (Wildman–Crippen LogP) is 3.24. The van der Waals surface area contributed by atoms with E-state index in [-0.39, 0.29) is 11.4 Å². The first-order valence-corrected chi connectivity index (χ1v) is 9.16. The number of aliphatic hydroxyl groups excluding tert-OH is 1. The summed E-state index contributed by atoms with van der Waals surface area (Å²) in [5.41, 5.74) is 2.71. The van der Waals surface area contributed by atoms with Gasteiger partial charge in [-0.25, -0.2) is 9.97 Å². The molecule has 0 bridgehead atoms. The lowest BCUT2D eigenvalue weighted by Crippen LogP contribution is -2.21. The summed E-state index contributed by atoms with van der Waals surface area (Å²) >= 11 is 1.41. The third-order valence-corrected chi connectivity index (χ3v) is 4.87. The average Bonchev–Trinajstić information content (AvgIpc) is 3.19. The van der Waals surface area contributed by atoms with Crippen LogP contribution in [0.25, 0.3) is 11.0 Å². The zero-order chi connectivity index (χ0) is 18.8. The minimum absolute atomic E-state index is 0.205. The Morgan fingerprint density at radius 3 is 2.67 bits per heavy atom. The lowest BCUT2D eigenvalue weighted by molar-refractivity contribution is 0.208. The van der Waals surface area contributed by atoms with E-state index in [1.54, 1.807) is 42.1 Å². The van der Waals surface area contributed by atoms with Crippen LogP contribution in [0.5, 0.6) is 0 Å². The van der Waals surface area contributed by atoms with Gasteiger partial charge in [-0.05, 0) is 24.3 Å². The van der Waals surface area contributed by atoms with E-state index in [1.807, 2.05) is 29.6 Å². The van der Waals surface area contributed by atoms with Gasteiger partial charge in [0.2, 0.25) is 0 Å². The van der Waals surface area contributed by atoms with Gasteiger partial charge >= 0.3 is 0 Å². The molecule has 2 aromatic carbocycles. The number of aryl methyl sites for hydroxylation is 1. The van der Waals surface area contributed by atoms with E-state index in [0.29, 0.717) is 16.4 Å². The van der Waals surface area contributed by atoms with Gasteiger partial charge in [0.15, 0.2) is 17.2 Å². The maximum Gasteiger partial charge on any atom is 0.293 e. The molecule has 0 saturated heterocycles. The molecular formula is C19H17N5O2S. The molecule has 0 radical (unpaired) electrons. The Morgan fingerprint density at radius 2 is 1.93 bits per heavy atom. The summed E-state index contributed by atoms with van der Waals surface area (Å²) < 4.78 is 1.57. The van der Waals surface area contributed by atoms with Crippen molar-refractivity contribution in [2.45, 2.75) is 6.23 Å². The molecule has 8 heteroatoms. The molecule has 1 unspecified atom stereocenters. The van der Waals surface area contributed by atoms with Crippen molar-refractivity contribution >= 4 is 39.0 Å². The monoisotopic (exact) mass is 379 g/mol. The number of nitrogens with zero attached hydrogens (tertiary/aromatic N) is 3. The summed E-state index contributed by atoms with van der Waals surface area (Å²) in [6.07, 6.45) is 0.806. The first kappa shape index (κ1) is 17.2. The Balaban J connectivity index is 1.56. The number of hydrogen-bond donors (Lipinski definition) is 3. The molecular weight excluding hydrogens is 362 g/mol. The van der Waals surface area contributed by atoms with Gasteiger partial charge in [-0.1, -0.05) is 24.3 Å². The van der Waals surface area contributed by atoms with Crippen molar-refractivity contribution < 1.29 is 5.11 Å². The number of benzene rings is 2. The SMILES string of the molecule is Cn1c(=O)c(Nc2ccc(C(O)Nc3nccs3)cc2)nc2ccccc21. The Hall–Kier alpha value is -3.23. The summed E-state index contributed by atoms with van der Waals surface area (Å²) in [4.78, 5) is 21.0. The van der Waals surface area contributed by atoms with Crippen molar-refractivity contribution in [1.82, 2.24) is 14.5 Å². The van der Waals surface area contributed by atoms with Crippen molar-refractivity contribution in [3.8, 4) is 0 Å². The summed E-state index contributed by atoms with van der Waals surface area (Å²) in [5, 5.41) is 18.7. The second kappa shape index (κ2) is 7.18. The highest BCUT2D eigenvalue weighted by atomic mass is 32.1. The molecule has 0 aliphatic carbocycles. The number of aromatic nitrogens is 3. The van der Waals surface area contributed by atoms with E-state index >= 15 is 0 Å². The highest BCUT2D eigenvalue weighted by Crippen LogP contribution is 2.22. The van der Waals surface area contributed by atoms with Gasteiger partial charge in [-0.3, -0.25) is 4.79 Å². The normalized spacial score (nSPS) is 12.1. The van der Waals surface area contributed by atoms with Gasteiger partial charge in [0.1, 0.15) is 0 Å². The molecule has 4 aromatic rings. The number of nitrogens with one attached hydrogen (secondary N) is 2. The van der Waals surface area contributed by atoms with Crippen LogP contribution in [0.15, 0.2) is 64.9 Å². The number of thiazole rings is 1. The van der Waals surface area contributed by atoms with E-state index in [9.17, 15) is 9.90 Å². The van der Waals surface area contributed by atoms with Crippen molar-refractivity contribution in [2.24, 2.45) is 7.05 Å². The first-order valence-electron chi connectivity index (χ1n) is 8.28. The molecule has 2 aromatic heterocycles. The van der Waals surface area contributed by atoms with Crippen molar-refractivity contribution in [3.05, 3.63) is 76.0 Å². The maximum absolute atomic E-state index is 12.5. The van der Waals surface area contributed by atoms with Crippen LogP contribution >= 0.6 is 11.3 Å². The number of para-hydroxylation sites is 2. The fourth-order valence-electron chi connectivity index (χ4n) is 2.74. The summed E-state index contributed by atoms with van der Waals surface area (Å²) in [5.74, 6) is 0.255. The van der Waals surface area contributed by atoms with Crippen molar-refractivity contribution in [3.63, 3.8) is 0 Å². The topological polar surface area (TPSA) is 92.1 Å². The quantitative estimate of drug-likeness (QED) is 0.461. The molecule has 2 heterocycles. The fraction of sp³-hybridized carbons (Fsp3) is 0.105. The molecule has 136 valence electrons. The standard InChI is InChI=1S/C19H17N5O2S/c1-24-15-5-3-2-4-14(15)22-16(18(24)26)21-13-8-6-12(7-9-13)17(25)23-19-20-10-11-27-19/h2-11,17,25H,1H3,(H,20,23)(H,21,22). The van der Waals surface area contributed by atoms with Crippen molar-refractivity contribution in [1.29, 1.82) is 0 Å². The molecule has 0 fully saturated rings. The molecule has 0 spiro atoms.